The summed E-state index contributed by atoms with van der Waals surface area (Å²) in [6, 6.07) is 5.68. The van der Waals surface area contributed by atoms with E-state index in [2.05, 4.69) is 18.7 Å². The van der Waals surface area contributed by atoms with Crippen LogP contribution < -0.4 is 4.74 Å². The van der Waals surface area contributed by atoms with E-state index in [1.807, 2.05) is 12.1 Å². The van der Waals surface area contributed by atoms with E-state index in [1.165, 1.54) is 0 Å². The van der Waals surface area contributed by atoms with Gasteiger partial charge in [0, 0.05) is 44.5 Å². The Hall–Kier alpha value is -1.30. The molecule has 0 aliphatic carbocycles. The Kier molecular flexibility index (Phi) is 7.50. The Morgan fingerprint density at radius 1 is 1.14 bits per heavy atom. The van der Waals surface area contributed by atoms with Gasteiger partial charge in [0.25, 0.3) is 0 Å². The van der Waals surface area contributed by atoms with Gasteiger partial charge in [-0.15, -0.1) is 0 Å². The first-order valence-corrected chi connectivity index (χ1v) is 7.15. The number of benzene rings is 1. The fourth-order valence-electron chi connectivity index (χ4n) is 2.51. The summed E-state index contributed by atoms with van der Waals surface area (Å²) in [5.41, 5.74) is 0.870. The monoisotopic (exact) mass is 297 g/mol. The lowest BCUT2D eigenvalue weighted by atomic mass is 10.0. The van der Waals surface area contributed by atoms with E-state index in [0.717, 1.165) is 12.1 Å². The molecule has 0 aromatic heterocycles. The molecule has 0 fully saturated rings. The van der Waals surface area contributed by atoms with Crippen LogP contribution >= 0.6 is 0 Å². The minimum Gasteiger partial charge on any atom is -0.507 e. The summed E-state index contributed by atoms with van der Waals surface area (Å²) in [4.78, 5) is 2.26. The minimum absolute atomic E-state index is 0.0520. The van der Waals surface area contributed by atoms with Crippen molar-refractivity contribution >= 4 is 0 Å². The molecule has 1 rings (SSSR count). The summed E-state index contributed by atoms with van der Waals surface area (Å²) in [6.07, 6.45) is 0. The van der Waals surface area contributed by atoms with Gasteiger partial charge in [0.2, 0.25) is 0 Å². The van der Waals surface area contributed by atoms with Gasteiger partial charge in [0.05, 0.1) is 20.3 Å². The molecule has 21 heavy (non-hydrogen) atoms. The maximum atomic E-state index is 10.2. The highest BCUT2D eigenvalue weighted by molar-refractivity contribution is 5.41. The number of rotatable bonds is 9. The molecule has 0 heterocycles. The molecule has 0 amide bonds. The summed E-state index contributed by atoms with van der Waals surface area (Å²) in [5.74, 6) is 0.894. The smallest absolute Gasteiger partial charge is 0.124 e. The van der Waals surface area contributed by atoms with Crippen molar-refractivity contribution in [2.75, 3.05) is 41.1 Å². The van der Waals surface area contributed by atoms with Crippen LogP contribution in [0.4, 0.5) is 0 Å². The van der Waals surface area contributed by atoms with E-state index < -0.39 is 0 Å². The SMILES string of the molecule is COCCN(C(C)COC)C(C)c1ccc(OC)cc1O. The number of nitrogens with zero attached hydrogens (tertiary/aromatic N) is 1. The molecule has 0 radical (unpaired) electrons. The lowest BCUT2D eigenvalue weighted by molar-refractivity contribution is 0.0508. The van der Waals surface area contributed by atoms with Gasteiger partial charge in [0.15, 0.2) is 0 Å². The van der Waals surface area contributed by atoms with Crippen LogP contribution in [-0.4, -0.2) is 57.1 Å². The van der Waals surface area contributed by atoms with Gasteiger partial charge in [0.1, 0.15) is 11.5 Å². The number of hydrogen-bond acceptors (Lipinski definition) is 5. The fraction of sp³-hybridized carbons (Fsp3) is 0.625. The second-order valence-corrected chi connectivity index (χ2v) is 5.14. The average Bonchev–Trinajstić information content (AvgIpc) is 2.47. The zero-order chi connectivity index (χ0) is 15.8. The second-order valence-electron chi connectivity index (χ2n) is 5.14. The Labute approximate surface area is 127 Å². The van der Waals surface area contributed by atoms with Crippen molar-refractivity contribution in [1.29, 1.82) is 0 Å². The van der Waals surface area contributed by atoms with Gasteiger partial charge < -0.3 is 19.3 Å². The molecular weight excluding hydrogens is 270 g/mol. The van der Waals surface area contributed by atoms with Crippen molar-refractivity contribution in [2.24, 2.45) is 0 Å². The number of phenols is 1. The number of methoxy groups -OCH3 is 3. The van der Waals surface area contributed by atoms with E-state index in [0.29, 0.717) is 19.0 Å². The van der Waals surface area contributed by atoms with Crippen molar-refractivity contribution < 1.29 is 19.3 Å². The van der Waals surface area contributed by atoms with E-state index >= 15 is 0 Å². The molecule has 0 bridgehead atoms. The van der Waals surface area contributed by atoms with Crippen LogP contribution in [0.25, 0.3) is 0 Å². The van der Waals surface area contributed by atoms with Crippen LogP contribution in [0.2, 0.25) is 0 Å². The van der Waals surface area contributed by atoms with Crippen LogP contribution in [0.3, 0.4) is 0 Å². The number of ether oxygens (including phenoxy) is 3. The van der Waals surface area contributed by atoms with Crippen LogP contribution in [-0.2, 0) is 9.47 Å². The first-order valence-electron chi connectivity index (χ1n) is 7.15. The third kappa shape index (κ3) is 4.88. The second kappa shape index (κ2) is 8.87. The Morgan fingerprint density at radius 3 is 2.38 bits per heavy atom. The van der Waals surface area contributed by atoms with Crippen molar-refractivity contribution in [3.8, 4) is 11.5 Å². The Balaban J connectivity index is 2.95. The molecule has 0 aliphatic heterocycles. The van der Waals surface area contributed by atoms with Crippen LogP contribution in [0.15, 0.2) is 18.2 Å². The zero-order valence-electron chi connectivity index (χ0n) is 13.6. The lowest BCUT2D eigenvalue weighted by Crippen LogP contribution is -2.40. The standard InChI is InChI=1S/C16H27NO4/c1-12(11-20-4)17(8-9-19-3)13(2)15-7-6-14(21-5)10-16(15)18/h6-7,10,12-13,18H,8-9,11H2,1-5H3. The van der Waals surface area contributed by atoms with E-state index in [9.17, 15) is 5.11 Å². The van der Waals surface area contributed by atoms with E-state index in [4.69, 9.17) is 14.2 Å². The molecule has 1 aromatic carbocycles. The van der Waals surface area contributed by atoms with E-state index in [1.54, 1.807) is 27.4 Å². The molecule has 0 saturated carbocycles. The summed E-state index contributed by atoms with van der Waals surface area (Å²) < 4.78 is 15.6. The molecule has 2 unspecified atom stereocenters. The van der Waals surface area contributed by atoms with Gasteiger partial charge in [-0.25, -0.2) is 0 Å². The van der Waals surface area contributed by atoms with Gasteiger partial charge >= 0.3 is 0 Å². The topological polar surface area (TPSA) is 51.2 Å². The minimum atomic E-state index is 0.0520. The predicted octanol–water partition coefficient (Wildman–Crippen LogP) is 2.45. The number of phenolic OH excluding ortho intramolecular Hbond substituents is 1. The van der Waals surface area contributed by atoms with Gasteiger partial charge in [-0.1, -0.05) is 6.07 Å². The molecule has 1 aromatic rings. The highest BCUT2D eigenvalue weighted by Gasteiger charge is 2.23. The summed E-state index contributed by atoms with van der Waals surface area (Å²) in [5, 5.41) is 10.2. The van der Waals surface area contributed by atoms with Crippen molar-refractivity contribution in [3.63, 3.8) is 0 Å². The van der Waals surface area contributed by atoms with E-state index in [-0.39, 0.29) is 17.8 Å². The lowest BCUT2D eigenvalue weighted by Gasteiger charge is -2.34. The average molecular weight is 297 g/mol. The maximum absolute atomic E-state index is 10.2. The molecule has 120 valence electrons. The Bertz CT molecular complexity index is 425. The molecule has 1 N–H and O–H groups in total. The fourth-order valence-corrected chi connectivity index (χ4v) is 2.51. The van der Waals surface area contributed by atoms with Gasteiger partial charge in [-0.2, -0.15) is 0 Å². The molecule has 0 saturated heterocycles. The third-order valence-electron chi connectivity index (χ3n) is 3.71. The maximum Gasteiger partial charge on any atom is 0.124 e. The third-order valence-corrected chi connectivity index (χ3v) is 3.71. The number of hydrogen-bond donors (Lipinski definition) is 1. The normalized spacial score (nSPS) is 14.2. The summed E-state index contributed by atoms with van der Waals surface area (Å²) in [7, 11) is 4.97. The van der Waals surface area contributed by atoms with Crippen LogP contribution in [0.5, 0.6) is 11.5 Å². The molecule has 5 nitrogen and oxygen atoms in total. The molecular formula is C16H27NO4. The predicted molar refractivity (Wildman–Crippen MR) is 83.0 cm³/mol. The quantitative estimate of drug-likeness (QED) is 0.759. The first kappa shape index (κ1) is 17.8. The van der Waals surface area contributed by atoms with Gasteiger partial charge in [-0.3, -0.25) is 4.90 Å². The zero-order valence-corrected chi connectivity index (χ0v) is 13.6. The van der Waals surface area contributed by atoms with Crippen molar-refractivity contribution in [2.45, 2.75) is 25.9 Å². The molecule has 5 heteroatoms. The first-order chi connectivity index (χ1) is 10.0. The largest absolute Gasteiger partial charge is 0.507 e. The highest BCUT2D eigenvalue weighted by atomic mass is 16.5. The van der Waals surface area contributed by atoms with Crippen molar-refractivity contribution in [1.82, 2.24) is 4.90 Å². The Morgan fingerprint density at radius 2 is 1.86 bits per heavy atom. The van der Waals surface area contributed by atoms with Crippen LogP contribution in [0, 0.1) is 0 Å². The summed E-state index contributed by atoms with van der Waals surface area (Å²) >= 11 is 0. The highest BCUT2D eigenvalue weighted by Crippen LogP contribution is 2.32. The van der Waals surface area contributed by atoms with Crippen molar-refractivity contribution in [3.05, 3.63) is 23.8 Å². The molecule has 0 aliphatic rings. The number of aromatic hydroxyl groups is 1. The van der Waals surface area contributed by atoms with Gasteiger partial charge in [-0.05, 0) is 19.9 Å². The molecule has 0 spiro atoms. The summed E-state index contributed by atoms with van der Waals surface area (Å²) in [6.45, 7) is 6.22. The molecule has 2 atom stereocenters. The van der Waals surface area contributed by atoms with Crippen LogP contribution in [0.1, 0.15) is 25.5 Å².